The quantitative estimate of drug-likeness (QED) is 0.473. The molecule has 4 heteroatoms. The summed E-state index contributed by atoms with van der Waals surface area (Å²) < 4.78 is 5.24. The van der Waals surface area contributed by atoms with Gasteiger partial charge < -0.3 is 4.74 Å². The Morgan fingerprint density at radius 2 is 1.67 bits per heavy atom. The van der Waals surface area contributed by atoms with Gasteiger partial charge >= 0.3 is 5.97 Å². The second-order valence-electron chi connectivity index (χ2n) is 3.67. The van der Waals surface area contributed by atoms with E-state index < -0.39 is 5.97 Å². The van der Waals surface area contributed by atoms with Gasteiger partial charge in [-0.3, -0.25) is 0 Å². The van der Waals surface area contributed by atoms with Gasteiger partial charge in [0.15, 0.2) is 0 Å². The summed E-state index contributed by atoms with van der Waals surface area (Å²) in [5.41, 5.74) is 1.60. The van der Waals surface area contributed by atoms with Gasteiger partial charge in [-0.05, 0) is 42.0 Å². The van der Waals surface area contributed by atoms with E-state index in [9.17, 15) is 4.79 Å². The Balaban J connectivity index is 2.08. The molecule has 2 aromatic rings. The summed E-state index contributed by atoms with van der Waals surface area (Å²) in [6, 6.07) is 13.9. The summed E-state index contributed by atoms with van der Waals surface area (Å²) in [7, 11) is 0. The number of hydrogen-bond acceptors (Lipinski definition) is 2. The Morgan fingerprint density at radius 1 is 1.06 bits per heavy atom. The molecule has 0 fully saturated rings. The molecule has 0 radical (unpaired) electrons. The number of ether oxygens (including phenoxy) is 1. The van der Waals surface area contributed by atoms with Gasteiger partial charge in [0.2, 0.25) is 0 Å². The largest absolute Gasteiger partial charge is 0.423 e. The number of carbonyl (C=O) groups is 1. The van der Waals surface area contributed by atoms with Crippen LogP contribution in [0.2, 0.25) is 5.02 Å². The fourth-order valence-corrected chi connectivity index (χ4v) is 1.90. The molecule has 0 heterocycles. The molecule has 2 rings (SSSR count). The molecule has 0 saturated heterocycles. The summed E-state index contributed by atoms with van der Waals surface area (Å²) >= 11 is 9.11. The first-order valence-corrected chi connectivity index (χ1v) is 6.81. The van der Waals surface area contributed by atoms with Crippen LogP contribution in [0.1, 0.15) is 15.9 Å². The average molecular weight is 326 g/mol. The molecule has 0 N–H and O–H groups in total. The van der Waals surface area contributed by atoms with Crippen LogP contribution in [0, 0.1) is 0 Å². The number of esters is 1. The minimum atomic E-state index is -0.391. The maximum atomic E-state index is 11.8. The summed E-state index contributed by atoms with van der Waals surface area (Å²) in [5.74, 6) is 0.137. The first kappa shape index (κ1) is 13.1. The summed E-state index contributed by atoms with van der Waals surface area (Å²) in [6.07, 6.45) is 0. The standard InChI is InChI=1S/C14H10BrClO2/c15-9-10-1-7-13(8-2-10)18-14(17)11-3-5-12(16)6-4-11/h1-8H,9H2. The smallest absolute Gasteiger partial charge is 0.343 e. The predicted octanol–water partition coefficient (Wildman–Crippen LogP) is 4.45. The second-order valence-corrected chi connectivity index (χ2v) is 4.67. The van der Waals surface area contributed by atoms with Crippen LogP contribution in [-0.4, -0.2) is 5.97 Å². The van der Waals surface area contributed by atoms with Crippen molar-refractivity contribution in [1.82, 2.24) is 0 Å². The third-order valence-corrected chi connectivity index (χ3v) is 3.27. The van der Waals surface area contributed by atoms with Gasteiger partial charge in [-0.15, -0.1) is 0 Å². The molecule has 0 spiro atoms. The van der Waals surface area contributed by atoms with E-state index in [1.807, 2.05) is 12.1 Å². The lowest BCUT2D eigenvalue weighted by Gasteiger charge is -2.05. The van der Waals surface area contributed by atoms with Crippen LogP contribution in [0.25, 0.3) is 0 Å². The molecule has 18 heavy (non-hydrogen) atoms. The summed E-state index contributed by atoms with van der Waals surface area (Å²) in [5, 5.41) is 1.37. The molecule has 0 unspecified atom stereocenters. The van der Waals surface area contributed by atoms with E-state index in [4.69, 9.17) is 16.3 Å². The normalized spacial score (nSPS) is 10.1. The van der Waals surface area contributed by atoms with Gasteiger partial charge in [0, 0.05) is 10.4 Å². The molecular weight excluding hydrogens is 316 g/mol. The third-order valence-electron chi connectivity index (χ3n) is 2.37. The maximum Gasteiger partial charge on any atom is 0.343 e. The summed E-state index contributed by atoms with van der Waals surface area (Å²) in [6.45, 7) is 0. The maximum absolute atomic E-state index is 11.8. The van der Waals surface area contributed by atoms with Crippen molar-refractivity contribution in [2.24, 2.45) is 0 Å². The van der Waals surface area contributed by atoms with E-state index in [1.165, 1.54) is 0 Å². The Kier molecular flexibility index (Phi) is 4.39. The first-order valence-electron chi connectivity index (χ1n) is 5.31. The highest BCUT2D eigenvalue weighted by Crippen LogP contribution is 2.16. The van der Waals surface area contributed by atoms with Crippen LogP contribution in [-0.2, 0) is 5.33 Å². The van der Waals surface area contributed by atoms with Crippen molar-refractivity contribution in [2.75, 3.05) is 0 Å². The van der Waals surface area contributed by atoms with Crippen molar-refractivity contribution >= 4 is 33.5 Å². The Labute approximate surface area is 119 Å². The molecule has 92 valence electrons. The van der Waals surface area contributed by atoms with E-state index >= 15 is 0 Å². The zero-order valence-electron chi connectivity index (χ0n) is 9.40. The number of carbonyl (C=O) groups excluding carboxylic acids is 1. The number of rotatable bonds is 3. The highest BCUT2D eigenvalue weighted by molar-refractivity contribution is 9.08. The van der Waals surface area contributed by atoms with Crippen LogP contribution < -0.4 is 4.74 Å². The van der Waals surface area contributed by atoms with Gasteiger partial charge in [0.1, 0.15) is 5.75 Å². The zero-order valence-corrected chi connectivity index (χ0v) is 11.7. The monoisotopic (exact) mass is 324 g/mol. The van der Waals surface area contributed by atoms with Crippen LogP contribution >= 0.6 is 27.5 Å². The lowest BCUT2D eigenvalue weighted by molar-refractivity contribution is 0.0735. The van der Waals surface area contributed by atoms with E-state index in [1.54, 1.807) is 36.4 Å². The lowest BCUT2D eigenvalue weighted by Crippen LogP contribution is -2.08. The van der Waals surface area contributed by atoms with Crippen molar-refractivity contribution in [3.63, 3.8) is 0 Å². The van der Waals surface area contributed by atoms with Gasteiger partial charge in [-0.25, -0.2) is 4.79 Å². The molecule has 2 nitrogen and oxygen atoms in total. The zero-order chi connectivity index (χ0) is 13.0. The third kappa shape index (κ3) is 3.34. The predicted molar refractivity (Wildman–Crippen MR) is 75.5 cm³/mol. The van der Waals surface area contributed by atoms with E-state index in [2.05, 4.69) is 15.9 Å². The van der Waals surface area contributed by atoms with Gasteiger partial charge in [-0.1, -0.05) is 39.7 Å². The Morgan fingerprint density at radius 3 is 2.22 bits per heavy atom. The molecule has 0 bridgehead atoms. The average Bonchev–Trinajstić information content (AvgIpc) is 2.40. The highest BCUT2D eigenvalue weighted by Gasteiger charge is 2.08. The molecule has 0 saturated carbocycles. The molecule has 2 aromatic carbocycles. The van der Waals surface area contributed by atoms with Crippen molar-refractivity contribution in [3.8, 4) is 5.75 Å². The van der Waals surface area contributed by atoms with Crippen LogP contribution in [0.5, 0.6) is 5.75 Å². The lowest BCUT2D eigenvalue weighted by atomic mass is 10.2. The molecule has 0 aliphatic rings. The SMILES string of the molecule is O=C(Oc1ccc(CBr)cc1)c1ccc(Cl)cc1. The van der Waals surface area contributed by atoms with Crippen LogP contribution in [0.15, 0.2) is 48.5 Å². The number of hydrogen-bond donors (Lipinski definition) is 0. The molecule has 0 aliphatic heterocycles. The van der Waals surface area contributed by atoms with Gasteiger partial charge in [-0.2, -0.15) is 0 Å². The molecular formula is C14H10BrClO2. The fraction of sp³-hybridized carbons (Fsp3) is 0.0714. The Bertz CT molecular complexity index is 535. The Hall–Kier alpha value is -1.32. The first-order chi connectivity index (χ1) is 8.69. The minimum absolute atomic E-state index is 0.391. The number of alkyl halides is 1. The topological polar surface area (TPSA) is 26.3 Å². The second kappa shape index (κ2) is 6.03. The van der Waals surface area contributed by atoms with Crippen molar-refractivity contribution in [1.29, 1.82) is 0 Å². The van der Waals surface area contributed by atoms with Crippen molar-refractivity contribution < 1.29 is 9.53 Å². The molecule has 0 aromatic heterocycles. The van der Waals surface area contributed by atoms with Crippen LogP contribution in [0.4, 0.5) is 0 Å². The van der Waals surface area contributed by atoms with E-state index in [-0.39, 0.29) is 0 Å². The molecule has 0 amide bonds. The molecule has 0 aliphatic carbocycles. The number of benzene rings is 2. The van der Waals surface area contributed by atoms with E-state index in [0.717, 1.165) is 10.9 Å². The fourth-order valence-electron chi connectivity index (χ4n) is 1.40. The highest BCUT2D eigenvalue weighted by atomic mass is 79.9. The van der Waals surface area contributed by atoms with Gasteiger partial charge in [0.05, 0.1) is 5.56 Å². The summed E-state index contributed by atoms with van der Waals surface area (Å²) in [4.78, 5) is 11.8. The van der Waals surface area contributed by atoms with Crippen LogP contribution in [0.3, 0.4) is 0 Å². The van der Waals surface area contributed by atoms with Crippen molar-refractivity contribution in [2.45, 2.75) is 5.33 Å². The minimum Gasteiger partial charge on any atom is -0.423 e. The van der Waals surface area contributed by atoms with Crippen molar-refractivity contribution in [3.05, 3.63) is 64.7 Å². The number of halogens is 2. The van der Waals surface area contributed by atoms with E-state index in [0.29, 0.717) is 16.3 Å². The van der Waals surface area contributed by atoms with Gasteiger partial charge in [0.25, 0.3) is 0 Å². The molecule has 0 atom stereocenters.